The monoisotopic (exact) mass is 410 g/mol. The van der Waals surface area contributed by atoms with Gasteiger partial charge in [0, 0.05) is 6.54 Å². The molecule has 0 radical (unpaired) electrons. The molecule has 3 rings (SSSR count). The normalized spacial score (nSPS) is 12.9. The minimum atomic E-state index is -4.92. The predicted molar refractivity (Wildman–Crippen MR) is 96.0 cm³/mol. The third-order valence-electron chi connectivity index (χ3n) is 4.31. The van der Waals surface area contributed by atoms with Crippen LogP contribution in [-0.4, -0.2) is 41.2 Å². The van der Waals surface area contributed by atoms with Gasteiger partial charge in [0.25, 0.3) is 5.91 Å². The maximum Gasteiger partial charge on any atom is 0.434 e. The van der Waals surface area contributed by atoms with Crippen LogP contribution in [0.3, 0.4) is 0 Å². The van der Waals surface area contributed by atoms with Crippen molar-refractivity contribution in [3.63, 3.8) is 0 Å². The van der Waals surface area contributed by atoms with Crippen molar-refractivity contribution in [1.82, 2.24) is 20.0 Å². The van der Waals surface area contributed by atoms with Crippen molar-refractivity contribution >= 4 is 5.91 Å². The van der Waals surface area contributed by atoms with Crippen LogP contribution in [-0.2, 0) is 6.18 Å². The Balaban J connectivity index is 1.90. The Morgan fingerprint density at radius 3 is 2.55 bits per heavy atom. The average molecular weight is 410 g/mol. The molecule has 0 saturated heterocycles. The zero-order valence-corrected chi connectivity index (χ0v) is 15.6. The largest absolute Gasteiger partial charge is 0.468 e. The van der Waals surface area contributed by atoms with Crippen molar-refractivity contribution in [2.45, 2.75) is 12.2 Å². The third kappa shape index (κ3) is 4.32. The number of para-hydroxylation sites is 1. The summed E-state index contributed by atoms with van der Waals surface area (Å²) >= 11 is 0. The maximum atomic E-state index is 14.0. The number of furan rings is 1. The van der Waals surface area contributed by atoms with Gasteiger partial charge in [0.15, 0.2) is 5.69 Å². The molecule has 0 aliphatic carbocycles. The summed E-state index contributed by atoms with van der Waals surface area (Å²) in [7, 11) is 3.49. The fourth-order valence-corrected chi connectivity index (χ4v) is 2.90. The van der Waals surface area contributed by atoms with E-state index in [1.807, 2.05) is 0 Å². The standard InChI is InChI=1S/C19H18F4N4O2/c1-26(2)15(16-8-5-9-29-16)11-24-18(28)12-10-25-27(17(12)19(21,22)23)14-7-4-3-6-13(14)20/h3-10,15H,11H2,1-2H3,(H,24,28). The quantitative estimate of drug-likeness (QED) is 0.630. The van der Waals surface area contributed by atoms with Crippen molar-refractivity contribution in [2.24, 2.45) is 0 Å². The number of amides is 1. The molecule has 1 amide bonds. The lowest BCUT2D eigenvalue weighted by molar-refractivity contribution is -0.143. The Morgan fingerprint density at radius 2 is 1.97 bits per heavy atom. The molecule has 0 aliphatic heterocycles. The molecular formula is C19H18F4N4O2. The molecule has 1 unspecified atom stereocenters. The van der Waals surface area contributed by atoms with Gasteiger partial charge in [0.1, 0.15) is 17.3 Å². The molecule has 0 saturated carbocycles. The topological polar surface area (TPSA) is 63.3 Å². The smallest absolute Gasteiger partial charge is 0.434 e. The minimum Gasteiger partial charge on any atom is -0.468 e. The molecule has 0 bridgehead atoms. The van der Waals surface area contributed by atoms with Crippen LogP contribution in [0.25, 0.3) is 5.69 Å². The fraction of sp³-hybridized carbons (Fsp3) is 0.263. The van der Waals surface area contributed by atoms with Crippen LogP contribution in [0.4, 0.5) is 17.6 Å². The third-order valence-corrected chi connectivity index (χ3v) is 4.31. The highest BCUT2D eigenvalue weighted by Gasteiger charge is 2.41. The van der Waals surface area contributed by atoms with Crippen LogP contribution in [0.5, 0.6) is 0 Å². The lowest BCUT2D eigenvalue weighted by Gasteiger charge is -2.22. The lowest BCUT2D eigenvalue weighted by Crippen LogP contribution is -2.35. The molecule has 154 valence electrons. The zero-order valence-electron chi connectivity index (χ0n) is 15.6. The first kappa shape index (κ1) is 20.6. The van der Waals surface area contributed by atoms with Gasteiger partial charge in [0.05, 0.1) is 24.1 Å². The molecule has 1 aromatic carbocycles. The van der Waals surface area contributed by atoms with E-state index in [4.69, 9.17) is 4.42 Å². The number of carbonyl (C=O) groups excluding carboxylic acids is 1. The van der Waals surface area contributed by atoms with E-state index in [0.717, 1.165) is 18.3 Å². The Hall–Kier alpha value is -3.14. The fourth-order valence-electron chi connectivity index (χ4n) is 2.90. The van der Waals surface area contributed by atoms with Crippen molar-refractivity contribution in [2.75, 3.05) is 20.6 Å². The van der Waals surface area contributed by atoms with Crippen LogP contribution >= 0.6 is 0 Å². The lowest BCUT2D eigenvalue weighted by atomic mass is 10.1. The summed E-state index contributed by atoms with van der Waals surface area (Å²) in [6, 6.07) is 7.89. The highest BCUT2D eigenvalue weighted by atomic mass is 19.4. The highest BCUT2D eigenvalue weighted by Crippen LogP contribution is 2.34. The van der Waals surface area contributed by atoms with Crippen LogP contribution < -0.4 is 5.32 Å². The van der Waals surface area contributed by atoms with Gasteiger partial charge in [-0.2, -0.15) is 18.3 Å². The van der Waals surface area contributed by atoms with Crippen LogP contribution in [0.1, 0.15) is 27.9 Å². The van der Waals surface area contributed by atoms with Gasteiger partial charge < -0.3 is 9.73 Å². The number of benzene rings is 1. The summed E-state index contributed by atoms with van der Waals surface area (Å²) < 4.78 is 60.8. The second kappa shape index (κ2) is 8.08. The van der Waals surface area contributed by atoms with Gasteiger partial charge in [-0.3, -0.25) is 9.69 Å². The van der Waals surface area contributed by atoms with E-state index in [-0.39, 0.29) is 12.6 Å². The number of hydrogen-bond acceptors (Lipinski definition) is 4. The molecule has 0 spiro atoms. The predicted octanol–water partition coefficient (Wildman–Crippen LogP) is 3.66. The summed E-state index contributed by atoms with van der Waals surface area (Å²) in [5.74, 6) is -1.31. The van der Waals surface area contributed by atoms with Crippen LogP contribution in [0.15, 0.2) is 53.3 Å². The van der Waals surface area contributed by atoms with Crippen molar-refractivity contribution in [3.05, 3.63) is 71.7 Å². The summed E-state index contributed by atoms with van der Waals surface area (Å²) in [6.07, 6.45) is -2.68. The van der Waals surface area contributed by atoms with Gasteiger partial charge in [-0.1, -0.05) is 12.1 Å². The molecule has 3 aromatic rings. The van der Waals surface area contributed by atoms with Crippen LogP contribution in [0, 0.1) is 5.82 Å². The molecule has 0 aliphatic rings. The minimum absolute atomic E-state index is 0.00151. The number of aromatic nitrogens is 2. The van der Waals surface area contributed by atoms with E-state index in [9.17, 15) is 22.4 Å². The first-order valence-electron chi connectivity index (χ1n) is 8.58. The molecule has 10 heteroatoms. The number of likely N-dealkylation sites (N-methyl/N-ethyl adjacent to an activating group) is 1. The van der Waals surface area contributed by atoms with E-state index in [0.29, 0.717) is 10.4 Å². The number of halogens is 4. The summed E-state index contributed by atoms with van der Waals surface area (Å²) in [5, 5.41) is 6.09. The molecule has 1 atom stereocenters. The summed E-state index contributed by atoms with van der Waals surface area (Å²) in [4.78, 5) is 14.3. The molecule has 2 aromatic heterocycles. The van der Waals surface area contributed by atoms with E-state index in [1.165, 1.54) is 18.4 Å². The molecule has 6 nitrogen and oxygen atoms in total. The number of hydrogen-bond donors (Lipinski definition) is 1. The molecule has 29 heavy (non-hydrogen) atoms. The zero-order chi connectivity index (χ0) is 21.2. The van der Waals surface area contributed by atoms with Crippen LogP contribution in [0.2, 0.25) is 0 Å². The van der Waals surface area contributed by atoms with Gasteiger partial charge in [-0.15, -0.1) is 0 Å². The Labute approximate surface area is 163 Å². The maximum absolute atomic E-state index is 14.0. The molecule has 1 N–H and O–H groups in total. The molecule has 0 fully saturated rings. The first-order valence-corrected chi connectivity index (χ1v) is 8.58. The Kier molecular flexibility index (Phi) is 5.73. The number of alkyl halides is 3. The molecule has 2 heterocycles. The van der Waals surface area contributed by atoms with E-state index < -0.39 is 34.8 Å². The van der Waals surface area contributed by atoms with Crippen molar-refractivity contribution in [3.8, 4) is 5.69 Å². The Morgan fingerprint density at radius 1 is 1.24 bits per heavy atom. The molecular weight excluding hydrogens is 392 g/mol. The first-order chi connectivity index (χ1) is 13.7. The number of carbonyl (C=O) groups is 1. The van der Waals surface area contributed by atoms with E-state index in [1.54, 1.807) is 31.1 Å². The average Bonchev–Trinajstić information content (AvgIpc) is 3.31. The highest BCUT2D eigenvalue weighted by molar-refractivity contribution is 5.95. The summed E-state index contributed by atoms with van der Waals surface area (Å²) in [5.41, 5.74) is -2.45. The van der Waals surface area contributed by atoms with E-state index >= 15 is 0 Å². The second-order valence-corrected chi connectivity index (χ2v) is 6.47. The van der Waals surface area contributed by atoms with E-state index in [2.05, 4.69) is 10.4 Å². The Bertz CT molecular complexity index is 981. The van der Waals surface area contributed by atoms with Gasteiger partial charge in [-0.05, 0) is 38.4 Å². The number of nitrogens with zero attached hydrogens (tertiary/aromatic N) is 3. The number of rotatable bonds is 6. The van der Waals surface area contributed by atoms with Gasteiger partial charge in [0.2, 0.25) is 0 Å². The van der Waals surface area contributed by atoms with Crippen molar-refractivity contribution < 1.29 is 26.8 Å². The van der Waals surface area contributed by atoms with Gasteiger partial charge in [-0.25, -0.2) is 9.07 Å². The number of nitrogens with one attached hydrogen (secondary N) is 1. The second-order valence-electron chi connectivity index (χ2n) is 6.47. The SMILES string of the molecule is CN(C)C(CNC(=O)c1cnn(-c2ccccc2F)c1C(F)(F)F)c1ccco1. The summed E-state index contributed by atoms with van der Waals surface area (Å²) in [6.45, 7) is 0.00151. The van der Waals surface area contributed by atoms with Gasteiger partial charge >= 0.3 is 6.18 Å². The van der Waals surface area contributed by atoms with Crippen molar-refractivity contribution in [1.29, 1.82) is 0 Å².